The van der Waals surface area contributed by atoms with Crippen molar-refractivity contribution >= 4 is 29.4 Å². The van der Waals surface area contributed by atoms with Crippen LogP contribution in [0.1, 0.15) is 11.1 Å². The number of rotatable bonds is 5. The number of benzene rings is 2. The van der Waals surface area contributed by atoms with E-state index in [2.05, 4.69) is 10.5 Å². The fourth-order valence-corrected chi connectivity index (χ4v) is 2.08. The summed E-state index contributed by atoms with van der Waals surface area (Å²) in [4.78, 5) is 11.8. The predicted molar refractivity (Wildman–Crippen MR) is 90.0 cm³/mol. The van der Waals surface area contributed by atoms with Crippen LogP contribution in [-0.4, -0.2) is 24.3 Å². The molecule has 2 aromatic rings. The van der Waals surface area contributed by atoms with E-state index in [0.29, 0.717) is 11.3 Å². The number of nitrogens with one attached hydrogen (secondary N) is 1. The third-order valence-corrected chi connectivity index (χ3v) is 3.31. The number of carbonyl (C=O) groups is 1. The number of halogens is 1. The van der Waals surface area contributed by atoms with Crippen LogP contribution in [0.2, 0.25) is 5.02 Å². The number of nitrogens with two attached hydrogens (primary N) is 1. The highest BCUT2D eigenvalue weighted by atomic mass is 35.5. The van der Waals surface area contributed by atoms with Crippen molar-refractivity contribution < 1.29 is 14.6 Å². The molecule has 0 bridgehead atoms. The Morgan fingerprint density at radius 3 is 2.74 bits per heavy atom. The molecule has 0 atom stereocenters. The number of carbonyl (C=O) groups excluding carboxylic acids is 1. The standard InChI is InChI=1S/C16H16ClN3O3/c1-23-14-7-11(6-13(17)16(14)22)9-19-20-15(21)8-10-2-4-12(18)5-3-10/h2-7,9,22H,8,18H2,1H3,(H,20,21)/b19-9-. The minimum Gasteiger partial charge on any atom is -0.503 e. The van der Waals surface area contributed by atoms with Gasteiger partial charge >= 0.3 is 0 Å². The molecule has 23 heavy (non-hydrogen) atoms. The van der Waals surface area contributed by atoms with Gasteiger partial charge in [0, 0.05) is 5.69 Å². The zero-order valence-electron chi connectivity index (χ0n) is 12.4. The lowest BCUT2D eigenvalue weighted by molar-refractivity contribution is -0.120. The largest absolute Gasteiger partial charge is 0.503 e. The van der Waals surface area contributed by atoms with E-state index in [9.17, 15) is 9.90 Å². The first-order valence-corrected chi connectivity index (χ1v) is 7.10. The number of hydrogen-bond acceptors (Lipinski definition) is 5. The number of phenolic OH excluding ortho intramolecular Hbond substituents is 1. The van der Waals surface area contributed by atoms with Crippen molar-refractivity contribution in [3.8, 4) is 11.5 Å². The molecule has 0 saturated heterocycles. The third-order valence-electron chi connectivity index (χ3n) is 3.02. The van der Waals surface area contributed by atoms with Crippen molar-refractivity contribution in [2.24, 2.45) is 5.10 Å². The summed E-state index contributed by atoms with van der Waals surface area (Å²) < 4.78 is 4.99. The minimum atomic E-state index is -0.261. The van der Waals surface area contributed by atoms with Gasteiger partial charge in [0.1, 0.15) is 0 Å². The van der Waals surface area contributed by atoms with Crippen LogP contribution < -0.4 is 15.9 Å². The number of nitrogens with zero attached hydrogens (tertiary/aromatic N) is 1. The molecule has 4 N–H and O–H groups in total. The van der Waals surface area contributed by atoms with Gasteiger partial charge in [-0.1, -0.05) is 23.7 Å². The Hall–Kier alpha value is -2.73. The highest BCUT2D eigenvalue weighted by Crippen LogP contribution is 2.34. The van der Waals surface area contributed by atoms with Gasteiger partial charge in [0.2, 0.25) is 5.91 Å². The highest BCUT2D eigenvalue weighted by molar-refractivity contribution is 6.32. The molecular formula is C16H16ClN3O3. The zero-order valence-corrected chi connectivity index (χ0v) is 13.2. The van der Waals surface area contributed by atoms with Crippen molar-refractivity contribution in [1.29, 1.82) is 0 Å². The lowest BCUT2D eigenvalue weighted by Gasteiger charge is -2.06. The van der Waals surface area contributed by atoms with Crippen molar-refractivity contribution in [3.63, 3.8) is 0 Å². The molecule has 0 fully saturated rings. The Morgan fingerprint density at radius 1 is 1.39 bits per heavy atom. The molecule has 0 aliphatic heterocycles. The number of anilines is 1. The van der Waals surface area contributed by atoms with Gasteiger partial charge in [-0.05, 0) is 35.4 Å². The van der Waals surface area contributed by atoms with Gasteiger partial charge in [-0.25, -0.2) is 5.43 Å². The topological polar surface area (TPSA) is 96.9 Å². The number of phenols is 1. The van der Waals surface area contributed by atoms with Crippen LogP contribution in [0.5, 0.6) is 11.5 Å². The fourth-order valence-electron chi connectivity index (χ4n) is 1.86. The Labute approximate surface area is 138 Å². The van der Waals surface area contributed by atoms with Crippen LogP contribution in [0.3, 0.4) is 0 Å². The molecule has 2 rings (SSSR count). The first-order valence-electron chi connectivity index (χ1n) is 6.72. The van der Waals surface area contributed by atoms with Crippen LogP contribution >= 0.6 is 11.6 Å². The van der Waals surface area contributed by atoms with Gasteiger partial charge in [0.15, 0.2) is 11.5 Å². The number of methoxy groups -OCH3 is 1. The molecular weight excluding hydrogens is 318 g/mol. The van der Waals surface area contributed by atoms with E-state index in [1.807, 2.05) is 0 Å². The summed E-state index contributed by atoms with van der Waals surface area (Å²) in [5.74, 6) is -0.172. The molecule has 0 unspecified atom stereocenters. The summed E-state index contributed by atoms with van der Waals surface area (Å²) in [6, 6.07) is 10.1. The maximum absolute atomic E-state index is 11.8. The molecule has 6 nitrogen and oxygen atoms in total. The first-order chi connectivity index (χ1) is 11.0. The number of hydrogen-bond donors (Lipinski definition) is 3. The smallest absolute Gasteiger partial charge is 0.244 e. The molecule has 0 aliphatic rings. The van der Waals surface area contributed by atoms with Crippen molar-refractivity contribution in [1.82, 2.24) is 5.43 Å². The number of aromatic hydroxyl groups is 1. The summed E-state index contributed by atoms with van der Waals surface area (Å²) in [5.41, 5.74) is 10.1. The summed E-state index contributed by atoms with van der Waals surface area (Å²) in [5, 5.41) is 13.6. The van der Waals surface area contributed by atoms with Gasteiger partial charge in [0.05, 0.1) is 24.8 Å². The van der Waals surface area contributed by atoms with E-state index in [0.717, 1.165) is 5.56 Å². The van der Waals surface area contributed by atoms with Crippen molar-refractivity contribution in [2.45, 2.75) is 6.42 Å². The number of hydrazone groups is 1. The van der Waals surface area contributed by atoms with Crippen LogP contribution in [0.15, 0.2) is 41.5 Å². The summed E-state index contributed by atoms with van der Waals surface area (Å²) in [6.45, 7) is 0. The number of ether oxygens (including phenoxy) is 1. The van der Waals surface area contributed by atoms with E-state index < -0.39 is 0 Å². The van der Waals surface area contributed by atoms with E-state index in [1.165, 1.54) is 19.4 Å². The first kappa shape index (κ1) is 16.6. The zero-order chi connectivity index (χ0) is 16.8. The van der Waals surface area contributed by atoms with Gasteiger partial charge in [-0.3, -0.25) is 4.79 Å². The van der Waals surface area contributed by atoms with E-state index in [-0.39, 0.29) is 28.8 Å². The molecule has 0 aliphatic carbocycles. The van der Waals surface area contributed by atoms with Gasteiger partial charge in [-0.2, -0.15) is 5.10 Å². The van der Waals surface area contributed by atoms with E-state index in [1.54, 1.807) is 30.3 Å². The van der Waals surface area contributed by atoms with Crippen LogP contribution in [-0.2, 0) is 11.2 Å². The second kappa shape index (κ2) is 7.51. The number of amides is 1. The van der Waals surface area contributed by atoms with Crippen LogP contribution in [0.25, 0.3) is 0 Å². The summed E-state index contributed by atoms with van der Waals surface area (Å²) in [7, 11) is 1.42. The lowest BCUT2D eigenvalue weighted by atomic mass is 10.1. The molecule has 1 amide bonds. The highest BCUT2D eigenvalue weighted by Gasteiger charge is 2.08. The minimum absolute atomic E-state index is 0.138. The summed E-state index contributed by atoms with van der Waals surface area (Å²) in [6.07, 6.45) is 1.60. The maximum Gasteiger partial charge on any atom is 0.244 e. The number of nitrogen functional groups attached to an aromatic ring is 1. The third kappa shape index (κ3) is 4.62. The van der Waals surface area contributed by atoms with Gasteiger partial charge < -0.3 is 15.6 Å². The molecule has 2 aromatic carbocycles. The molecule has 120 valence electrons. The normalized spacial score (nSPS) is 10.7. The second-order valence-corrected chi connectivity index (χ2v) is 5.17. The molecule has 0 aromatic heterocycles. The second-order valence-electron chi connectivity index (χ2n) is 4.77. The van der Waals surface area contributed by atoms with E-state index >= 15 is 0 Å². The SMILES string of the molecule is COc1cc(/C=N\NC(=O)Cc2ccc(N)cc2)cc(Cl)c1O. The molecule has 0 heterocycles. The Balaban J connectivity index is 1.97. The quantitative estimate of drug-likeness (QED) is 0.444. The molecule has 7 heteroatoms. The van der Waals surface area contributed by atoms with E-state index in [4.69, 9.17) is 22.1 Å². The monoisotopic (exact) mass is 333 g/mol. The Kier molecular flexibility index (Phi) is 5.43. The molecule has 0 radical (unpaired) electrons. The Morgan fingerprint density at radius 2 is 2.09 bits per heavy atom. The average molecular weight is 334 g/mol. The molecule has 0 spiro atoms. The predicted octanol–water partition coefficient (Wildman–Crippen LogP) is 2.33. The Bertz CT molecular complexity index is 730. The van der Waals surface area contributed by atoms with Crippen LogP contribution in [0, 0.1) is 0 Å². The average Bonchev–Trinajstić information content (AvgIpc) is 2.53. The van der Waals surface area contributed by atoms with Crippen molar-refractivity contribution in [2.75, 3.05) is 12.8 Å². The van der Waals surface area contributed by atoms with Crippen molar-refractivity contribution in [3.05, 3.63) is 52.5 Å². The maximum atomic E-state index is 11.8. The lowest BCUT2D eigenvalue weighted by Crippen LogP contribution is -2.19. The summed E-state index contributed by atoms with van der Waals surface area (Å²) >= 11 is 5.87. The fraction of sp³-hybridized carbons (Fsp3) is 0.125. The van der Waals surface area contributed by atoms with Gasteiger partial charge in [-0.15, -0.1) is 0 Å². The van der Waals surface area contributed by atoms with Gasteiger partial charge in [0.25, 0.3) is 0 Å². The molecule has 0 saturated carbocycles. The van der Waals surface area contributed by atoms with Crippen LogP contribution in [0.4, 0.5) is 5.69 Å².